The van der Waals surface area contributed by atoms with Crippen molar-refractivity contribution in [1.29, 1.82) is 0 Å². The van der Waals surface area contributed by atoms with Gasteiger partial charge in [0.15, 0.2) is 0 Å². The molecule has 2 N–H and O–H groups in total. The summed E-state index contributed by atoms with van der Waals surface area (Å²) in [6.45, 7) is 5.99. The lowest BCUT2D eigenvalue weighted by atomic mass is 9.98. The summed E-state index contributed by atoms with van der Waals surface area (Å²) in [4.78, 5) is 2.41. The minimum absolute atomic E-state index is 0.348. The van der Waals surface area contributed by atoms with Crippen LogP contribution in [0.1, 0.15) is 26.7 Å². The highest BCUT2D eigenvalue weighted by Gasteiger charge is 2.25. The maximum absolute atomic E-state index is 6.00. The second-order valence-electron chi connectivity index (χ2n) is 4.73. The molecule has 2 atom stereocenters. The van der Waals surface area contributed by atoms with Gasteiger partial charge in [-0.3, -0.25) is 0 Å². The van der Waals surface area contributed by atoms with E-state index in [2.05, 4.69) is 24.0 Å². The van der Waals surface area contributed by atoms with Crippen LogP contribution in [-0.2, 0) is 0 Å². The fourth-order valence-corrected chi connectivity index (χ4v) is 2.54. The van der Waals surface area contributed by atoms with Crippen molar-refractivity contribution in [2.24, 2.45) is 5.73 Å². The number of para-hydroxylation sites is 2. The molecule has 2 unspecified atom stereocenters. The van der Waals surface area contributed by atoms with Crippen LogP contribution in [0, 0.1) is 0 Å². The van der Waals surface area contributed by atoms with Crippen LogP contribution in [-0.4, -0.2) is 25.2 Å². The SMILES string of the molecule is CCOc1ccccc1N1CCC(N)CC1C. The molecule has 94 valence electrons. The van der Waals surface area contributed by atoms with Gasteiger partial charge in [-0.05, 0) is 38.8 Å². The highest BCUT2D eigenvalue weighted by Crippen LogP contribution is 2.32. The van der Waals surface area contributed by atoms with Gasteiger partial charge in [0.25, 0.3) is 0 Å². The molecule has 1 aromatic carbocycles. The van der Waals surface area contributed by atoms with Gasteiger partial charge < -0.3 is 15.4 Å². The van der Waals surface area contributed by atoms with Crippen LogP contribution in [0.15, 0.2) is 24.3 Å². The number of piperidine rings is 1. The number of anilines is 1. The molecule has 2 rings (SSSR count). The van der Waals surface area contributed by atoms with Gasteiger partial charge in [0.1, 0.15) is 5.75 Å². The van der Waals surface area contributed by atoms with E-state index in [1.54, 1.807) is 0 Å². The van der Waals surface area contributed by atoms with Crippen LogP contribution in [0.5, 0.6) is 5.75 Å². The first-order chi connectivity index (χ1) is 8.22. The van der Waals surface area contributed by atoms with Crippen molar-refractivity contribution in [3.8, 4) is 5.75 Å². The van der Waals surface area contributed by atoms with Crippen molar-refractivity contribution < 1.29 is 4.74 Å². The third-order valence-corrected chi connectivity index (χ3v) is 3.39. The van der Waals surface area contributed by atoms with Crippen LogP contribution in [0.25, 0.3) is 0 Å². The molecule has 0 aliphatic carbocycles. The second kappa shape index (κ2) is 5.41. The Labute approximate surface area is 104 Å². The van der Waals surface area contributed by atoms with Crippen molar-refractivity contribution >= 4 is 5.69 Å². The summed E-state index contributed by atoms with van der Waals surface area (Å²) in [7, 11) is 0. The Morgan fingerprint density at radius 1 is 1.41 bits per heavy atom. The predicted octanol–water partition coefficient (Wildman–Crippen LogP) is 2.40. The first-order valence-electron chi connectivity index (χ1n) is 6.46. The molecule has 1 saturated heterocycles. The average molecular weight is 234 g/mol. The Hall–Kier alpha value is -1.22. The summed E-state index contributed by atoms with van der Waals surface area (Å²) in [6.07, 6.45) is 2.12. The van der Waals surface area contributed by atoms with Gasteiger partial charge in [-0.25, -0.2) is 0 Å². The summed E-state index contributed by atoms with van der Waals surface area (Å²) >= 11 is 0. The minimum Gasteiger partial charge on any atom is -0.492 e. The molecule has 1 fully saturated rings. The standard InChI is InChI=1S/C14H22N2O/c1-3-17-14-7-5-4-6-13(14)16-9-8-12(15)10-11(16)2/h4-7,11-12H,3,8-10,15H2,1-2H3. The number of nitrogens with two attached hydrogens (primary N) is 1. The third kappa shape index (κ3) is 2.72. The van der Waals surface area contributed by atoms with Crippen LogP contribution in [0.2, 0.25) is 0 Å². The Bertz CT molecular complexity index is 367. The summed E-state index contributed by atoms with van der Waals surface area (Å²) in [5, 5.41) is 0. The summed E-state index contributed by atoms with van der Waals surface area (Å²) in [5.74, 6) is 0.984. The second-order valence-corrected chi connectivity index (χ2v) is 4.73. The predicted molar refractivity (Wildman–Crippen MR) is 71.6 cm³/mol. The Morgan fingerprint density at radius 2 is 2.18 bits per heavy atom. The van der Waals surface area contributed by atoms with Crippen molar-refractivity contribution in [3.63, 3.8) is 0 Å². The first kappa shape index (κ1) is 12.2. The Kier molecular flexibility index (Phi) is 3.89. The number of ether oxygens (including phenoxy) is 1. The number of benzene rings is 1. The smallest absolute Gasteiger partial charge is 0.142 e. The topological polar surface area (TPSA) is 38.5 Å². The number of nitrogens with zero attached hydrogens (tertiary/aromatic N) is 1. The molecule has 17 heavy (non-hydrogen) atoms. The van der Waals surface area contributed by atoms with Gasteiger partial charge in [-0.15, -0.1) is 0 Å². The molecule has 0 bridgehead atoms. The summed E-state index contributed by atoms with van der Waals surface area (Å²) < 4.78 is 5.69. The summed E-state index contributed by atoms with van der Waals surface area (Å²) in [6, 6.07) is 9.10. The molecule has 1 aromatic rings. The van der Waals surface area contributed by atoms with Gasteiger partial charge in [-0.1, -0.05) is 12.1 Å². The Morgan fingerprint density at radius 3 is 2.88 bits per heavy atom. The van der Waals surface area contributed by atoms with Crippen LogP contribution in [0.3, 0.4) is 0 Å². The van der Waals surface area contributed by atoms with E-state index in [-0.39, 0.29) is 0 Å². The molecule has 1 aliphatic heterocycles. The lowest BCUT2D eigenvalue weighted by Gasteiger charge is -2.38. The van der Waals surface area contributed by atoms with Crippen LogP contribution < -0.4 is 15.4 Å². The lowest BCUT2D eigenvalue weighted by molar-refractivity contribution is 0.336. The van der Waals surface area contributed by atoms with Gasteiger partial charge in [0, 0.05) is 18.6 Å². The molecule has 0 radical (unpaired) electrons. The van der Waals surface area contributed by atoms with Crippen molar-refractivity contribution in [2.75, 3.05) is 18.1 Å². The van der Waals surface area contributed by atoms with E-state index < -0.39 is 0 Å². The zero-order chi connectivity index (χ0) is 12.3. The minimum atomic E-state index is 0.348. The molecule has 0 saturated carbocycles. The molecular weight excluding hydrogens is 212 g/mol. The maximum Gasteiger partial charge on any atom is 0.142 e. The van der Waals surface area contributed by atoms with Crippen molar-refractivity contribution in [1.82, 2.24) is 0 Å². The van der Waals surface area contributed by atoms with E-state index in [0.29, 0.717) is 18.7 Å². The normalized spacial score (nSPS) is 24.8. The van der Waals surface area contributed by atoms with E-state index >= 15 is 0 Å². The molecule has 3 nitrogen and oxygen atoms in total. The van der Waals surface area contributed by atoms with Gasteiger partial charge in [0.2, 0.25) is 0 Å². The monoisotopic (exact) mass is 234 g/mol. The van der Waals surface area contributed by atoms with Crippen molar-refractivity contribution in [2.45, 2.75) is 38.8 Å². The molecule has 0 amide bonds. The molecule has 1 heterocycles. The Balaban J connectivity index is 2.21. The van der Waals surface area contributed by atoms with Crippen molar-refractivity contribution in [3.05, 3.63) is 24.3 Å². The van der Waals surface area contributed by atoms with Crippen LogP contribution in [0.4, 0.5) is 5.69 Å². The number of rotatable bonds is 3. The zero-order valence-corrected chi connectivity index (χ0v) is 10.7. The highest BCUT2D eigenvalue weighted by atomic mass is 16.5. The number of hydrogen-bond acceptors (Lipinski definition) is 3. The third-order valence-electron chi connectivity index (χ3n) is 3.39. The van der Waals surface area contributed by atoms with E-state index in [1.807, 2.05) is 19.1 Å². The van der Waals surface area contributed by atoms with E-state index in [9.17, 15) is 0 Å². The fourth-order valence-electron chi connectivity index (χ4n) is 2.54. The van der Waals surface area contributed by atoms with Gasteiger partial charge in [-0.2, -0.15) is 0 Å². The number of hydrogen-bond donors (Lipinski definition) is 1. The molecule has 1 aliphatic rings. The van der Waals surface area contributed by atoms with Gasteiger partial charge in [0.05, 0.1) is 12.3 Å². The highest BCUT2D eigenvalue weighted by molar-refractivity contribution is 5.59. The zero-order valence-electron chi connectivity index (χ0n) is 10.7. The van der Waals surface area contributed by atoms with Gasteiger partial charge >= 0.3 is 0 Å². The summed E-state index contributed by atoms with van der Waals surface area (Å²) in [5.41, 5.74) is 7.21. The first-order valence-corrected chi connectivity index (χ1v) is 6.46. The molecular formula is C14H22N2O. The molecule has 3 heteroatoms. The molecule has 0 aromatic heterocycles. The largest absolute Gasteiger partial charge is 0.492 e. The maximum atomic E-state index is 6.00. The molecule has 0 spiro atoms. The lowest BCUT2D eigenvalue weighted by Crippen LogP contribution is -2.45. The average Bonchev–Trinajstić information content (AvgIpc) is 2.31. The van der Waals surface area contributed by atoms with E-state index in [0.717, 1.165) is 25.1 Å². The fraction of sp³-hybridized carbons (Fsp3) is 0.571. The van der Waals surface area contributed by atoms with E-state index in [1.165, 1.54) is 5.69 Å². The quantitative estimate of drug-likeness (QED) is 0.872. The van der Waals surface area contributed by atoms with E-state index in [4.69, 9.17) is 10.5 Å². The van der Waals surface area contributed by atoms with Crippen LogP contribution >= 0.6 is 0 Å².